The van der Waals surface area contributed by atoms with E-state index in [1.807, 2.05) is 36.4 Å². The van der Waals surface area contributed by atoms with Crippen molar-refractivity contribution in [1.29, 1.82) is 0 Å². The van der Waals surface area contributed by atoms with Crippen molar-refractivity contribution in [3.8, 4) is 0 Å². The molecule has 0 radical (unpaired) electrons. The number of carbonyl (C=O) groups excluding carboxylic acids is 1. The highest BCUT2D eigenvalue weighted by atomic mass is 35.5. The number of fused-ring (bicyclic) bond motifs is 1. The van der Waals surface area contributed by atoms with Crippen molar-refractivity contribution in [2.24, 2.45) is 4.99 Å². The molecule has 0 aliphatic carbocycles. The lowest BCUT2D eigenvalue weighted by molar-refractivity contribution is 0.265. The molecule has 4 rings (SSSR count). The molecule has 2 aromatic carbocycles. The number of amidine groups is 1. The maximum absolute atomic E-state index is 11.8. The summed E-state index contributed by atoms with van der Waals surface area (Å²) in [4.78, 5) is 25.6. The van der Waals surface area contributed by atoms with Gasteiger partial charge in [0.25, 0.3) is 5.24 Å². The summed E-state index contributed by atoms with van der Waals surface area (Å²) in [6.07, 6.45) is 5.21. The number of hydrogen-bond donors (Lipinski definition) is 1. The van der Waals surface area contributed by atoms with E-state index < -0.39 is 0 Å². The van der Waals surface area contributed by atoms with Crippen LogP contribution in [0, 0.1) is 0 Å². The number of nitrogens with one attached hydrogen (secondary N) is 1. The molecule has 3 aromatic rings. The molecular weight excluding hydrogens is 356 g/mol. The van der Waals surface area contributed by atoms with Gasteiger partial charge < -0.3 is 5.32 Å². The number of hydrogen-bond acceptors (Lipinski definition) is 5. The molecular formula is C18H11ClN4OS. The molecule has 0 saturated carbocycles. The summed E-state index contributed by atoms with van der Waals surface area (Å²) in [5, 5.41) is 3.20. The summed E-state index contributed by atoms with van der Waals surface area (Å²) >= 11 is 7.10. The van der Waals surface area contributed by atoms with E-state index in [1.165, 1.54) is 0 Å². The lowest BCUT2D eigenvalue weighted by atomic mass is 10.1. The standard InChI is InChI=1S/C18H11ClN4OS/c19-12-2-1-3-13(10-12)22-17-16(25-18(24)23-17)9-11-4-5-14-15(8-11)21-7-6-20-14/h1-10H,(H,22,23,24)/b16-9-. The van der Waals surface area contributed by atoms with E-state index in [0.717, 1.165) is 33.3 Å². The Morgan fingerprint density at radius 1 is 1.08 bits per heavy atom. The summed E-state index contributed by atoms with van der Waals surface area (Å²) in [5.74, 6) is 0.511. The Kier molecular flexibility index (Phi) is 4.21. The Morgan fingerprint density at radius 2 is 1.92 bits per heavy atom. The second kappa shape index (κ2) is 6.66. The lowest BCUT2D eigenvalue weighted by Gasteiger charge is -2.01. The van der Waals surface area contributed by atoms with Gasteiger partial charge in [0.05, 0.1) is 21.6 Å². The van der Waals surface area contributed by atoms with E-state index in [2.05, 4.69) is 20.3 Å². The summed E-state index contributed by atoms with van der Waals surface area (Å²) in [6, 6.07) is 12.9. The Balaban J connectivity index is 1.73. The second-order valence-electron chi connectivity index (χ2n) is 5.27. The van der Waals surface area contributed by atoms with Crippen molar-refractivity contribution >= 4 is 57.2 Å². The van der Waals surface area contributed by atoms with Gasteiger partial charge in [0, 0.05) is 17.4 Å². The number of rotatable bonds is 2. The molecule has 2 heterocycles. The first kappa shape index (κ1) is 15.8. The third-order valence-electron chi connectivity index (χ3n) is 3.50. The number of thioether (sulfide) groups is 1. The summed E-state index contributed by atoms with van der Waals surface area (Å²) in [7, 11) is 0. The van der Waals surface area contributed by atoms with E-state index in [1.54, 1.807) is 24.5 Å². The third-order valence-corrected chi connectivity index (χ3v) is 4.55. The molecule has 7 heteroatoms. The molecule has 5 nitrogen and oxygen atoms in total. The molecule has 0 spiro atoms. The molecule has 0 unspecified atom stereocenters. The molecule has 1 N–H and O–H groups in total. The fourth-order valence-corrected chi connectivity index (χ4v) is 3.33. The van der Waals surface area contributed by atoms with Gasteiger partial charge in [-0.3, -0.25) is 14.8 Å². The number of amides is 1. The van der Waals surface area contributed by atoms with Crippen molar-refractivity contribution in [3.63, 3.8) is 0 Å². The fraction of sp³-hybridized carbons (Fsp3) is 0. The highest BCUT2D eigenvalue weighted by Gasteiger charge is 2.23. The zero-order valence-electron chi connectivity index (χ0n) is 12.8. The Morgan fingerprint density at radius 3 is 2.76 bits per heavy atom. The zero-order valence-corrected chi connectivity index (χ0v) is 14.4. The van der Waals surface area contributed by atoms with Gasteiger partial charge in [0.2, 0.25) is 0 Å². The van der Waals surface area contributed by atoms with Crippen LogP contribution in [-0.4, -0.2) is 21.0 Å². The van der Waals surface area contributed by atoms with Crippen LogP contribution in [0.25, 0.3) is 17.1 Å². The minimum Gasteiger partial charge on any atom is -0.300 e. The smallest absolute Gasteiger partial charge is 0.289 e. The maximum atomic E-state index is 11.8. The van der Waals surface area contributed by atoms with Crippen molar-refractivity contribution in [2.75, 3.05) is 0 Å². The average molecular weight is 367 g/mol. The van der Waals surface area contributed by atoms with Crippen molar-refractivity contribution in [3.05, 3.63) is 70.3 Å². The molecule has 0 bridgehead atoms. The molecule has 1 saturated heterocycles. The van der Waals surface area contributed by atoms with Crippen molar-refractivity contribution < 1.29 is 4.79 Å². The van der Waals surface area contributed by atoms with E-state index in [4.69, 9.17) is 11.6 Å². The fourth-order valence-electron chi connectivity index (χ4n) is 2.41. The van der Waals surface area contributed by atoms with Gasteiger partial charge >= 0.3 is 0 Å². The highest BCUT2D eigenvalue weighted by Crippen LogP contribution is 2.29. The summed E-state index contributed by atoms with van der Waals surface area (Å²) in [6.45, 7) is 0. The Hall–Kier alpha value is -2.70. The van der Waals surface area contributed by atoms with Gasteiger partial charge in [-0.05, 0) is 53.7 Å². The quantitative estimate of drug-likeness (QED) is 0.706. The number of halogens is 1. The summed E-state index contributed by atoms with van der Waals surface area (Å²) < 4.78 is 0. The first-order valence-electron chi connectivity index (χ1n) is 7.43. The van der Waals surface area contributed by atoms with Crippen LogP contribution in [0.1, 0.15) is 5.56 Å². The van der Waals surface area contributed by atoms with Crippen LogP contribution in [0.2, 0.25) is 5.02 Å². The molecule has 1 amide bonds. The van der Waals surface area contributed by atoms with Crippen LogP contribution >= 0.6 is 23.4 Å². The normalized spacial score (nSPS) is 17.4. The predicted octanol–water partition coefficient (Wildman–Crippen LogP) is 4.81. The number of aliphatic imine (C=N–C) groups is 1. The van der Waals surface area contributed by atoms with E-state index in [-0.39, 0.29) is 5.24 Å². The monoisotopic (exact) mass is 366 g/mol. The van der Waals surface area contributed by atoms with Crippen LogP contribution < -0.4 is 5.32 Å². The first-order valence-corrected chi connectivity index (χ1v) is 8.63. The van der Waals surface area contributed by atoms with Crippen LogP contribution in [0.5, 0.6) is 0 Å². The zero-order chi connectivity index (χ0) is 17.2. The Labute approximate surface area is 152 Å². The SMILES string of the molecule is O=C1NC(=Nc2cccc(Cl)c2)/C(=C/c2ccc3nccnc3c2)S1. The minimum absolute atomic E-state index is 0.160. The van der Waals surface area contributed by atoms with E-state index in [0.29, 0.717) is 16.5 Å². The van der Waals surface area contributed by atoms with Gasteiger partial charge in [-0.1, -0.05) is 23.7 Å². The highest BCUT2D eigenvalue weighted by molar-refractivity contribution is 8.18. The van der Waals surface area contributed by atoms with E-state index >= 15 is 0 Å². The summed E-state index contributed by atoms with van der Waals surface area (Å²) in [5.41, 5.74) is 3.23. The van der Waals surface area contributed by atoms with Gasteiger partial charge in [0.15, 0.2) is 0 Å². The molecule has 1 aromatic heterocycles. The first-order chi connectivity index (χ1) is 12.2. The lowest BCUT2D eigenvalue weighted by Crippen LogP contribution is -2.18. The van der Waals surface area contributed by atoms with Gasteiger partial charge in [-0.15, -0.1) is 0 Å². The molecule has 1 aliphatic heterocycles. The molecule has 122 valence electrons. The minimum atomic E-state index is -0.160. The maximum Gasteiger partial charge on any atom is 0.289 e. The third kappa shape index (κ3) is 3.55. The van der Waals surface area contributed by atoms with E-state index in [9.17, 15) is 4.79 Å². The topological polar surface area (TPSA) is 67.2 Å². The van der Waals surface area contributed by atoms with Crippen LogP contribution in [0.3, 0.4) is 0 Å². The average Bonchev–Trinajstić information content (AvgIpc) is 2.94. The number of carbonyl (C=O) groups is 1. The molecule has 25 heavy (non-hydrogen) atoms. The van der Waals surface area contributed by atoms with Crippen LogP contribution in [0.15, 0.2) is 64.8 Å². The van der Waals surface area contributed by atoms with Crippen LogP contribution in [-0.2, 0) is 0 Å². The second-order valence-corrected chi connectivity index (χ2v) is 6.72. The van der Waals surface area contributed by atoms with Gasteiger partial charge in [-0.25, -0.2) is 4.99 Å². The van der Waals surface area contributed by atoms with Gasteiger partial charge in [0.1, 0.15) is 5.84 Å². The number of benzene rings is 2. The predicted molar refractivity (Wildman–Crippen MR) is 102 cm³/mol. The molecule has 0 atom stereocenters. The van der Waals surface area contributed by atoms with Crippen LogP contribution in [0.4, 0.5) is 10.5 Å². The number of aromatic nitrogens is 2. The Bertz CT molecular complexity index is 1050. The number of nitrogens with zero attached hydrogens (tertiary/aromatic N) is 3. The van der Waals surface area contributed by atoms with Crippen molar-refractivity contribution in [1.82, 2.24) is 15.3 Å². The van der Waals surface area contributed by atoms with Gasteiger partial charge in [-0.2, -0.15) is 0 Å². The largest absolute Gasteiger partial charge is 0.300 e. The molecule has 1 aliphatic rings. The molecule has 1 fully saturated rings. The van der Waals surface area contributed by atoms with Crippen molar-refractivity contribution in [2.45, 2.75) is 0 Å².